The SMILES string of the molecule is CN(CCCCC(=O)c1ccc2c(c1)CN(S(C)(=O)=O)CC2)CCc1ccccc1Cl. The summed E-state index contributed by atoms with van der Waals surface area (Å²) in [7, 11) is -1.12. The number of fused-ring (bicyclic) bond motifs is 1. The number of sulfonamides is 1. The van der Waals surface area contributed by atoms with Gasteiger partial charge in [-0.15, -0.1) is 0 Å². The Balaban J connectivity index is 1.43. The number of unbranched alkanes of at least 4 members (excludes halogenated alkanes) is 1. The van der Waals surface area contributed by atoms with E-state index < -0.39 is 10.0 Å². The van der Waals surface area contributed by atoms with Crippen LogP contribution in [0.15, 0.2) is 42.5 Å². The zero-order valence-electron chi connectivity index (χ0n) is 18.3. The molecule has 168 valence electrons. The van der Waals surface area contributed by atoms with Crippen LogP contribution in [0.3, 0.4) is 0 Å². The van der Waals surface area contributed by atoms with Crippen LogP contribution in [-0.4, -0.2) is 56.3 Å². The van der Waals surface area contributed by atoms with Crippen molar-refractivity contribution in [1.82, 2.24) is 9.21 Å². The number of hydrogen-bond acceptors (Lipinski definition) is 4. The number of benzene rings is 2. The van der Waals surface area contributed by atoms with Crippen LogP contribution < -0.4 is 0 Å². The fourth-order valence-corrected chi connectivity index (χ4v) is 4.95. The van der Waals surface area contributed by atoms with Crippen molar-refractivity contribution in [3.63, 3.8) is 0 Å². The van der Waals surface area contributed by atoms with Gasteiger partial charge in [0.05, 0.1) is 6.26 Å². The second kappa shape index (κ2) is 10.7. The van der Waals surface area contributed by atoms with Crippen molar-refractivity contribution >= 4 is 27.4 Å². The van der Waals surface area contributed by atoms with Crippen molar-refractivity contribution in [2.24, 2.45) is 0 Å². The van der Waals surface area contributed by atoms with Crippen LogP contribution in [0.2, 0.25) is 5.02 Å². The minimum atomic E-state index is -3.22. The molecule has 31 heavy (non-hydrogen) atoms. The average Bonchev–Trinajstić information content (AvgIpc) is 2.74. The Bertz CT molecular complexity index is 1020. The molecule has 1 aliphatic heterocycles. The zero-order valence-corrected chi connectivity index (χ0v) is 19.9. The molecule has 0 N–H and O–H groups in total. The van der Waals surface area contributed by atoms with E-state index in [2.05, 4.69) is 18.0 Å². The van der Waals surface area contributed by atoms with Crippen LogP contribution in [0, 0.1) is 0 Å². The second-order valence-corrected chi connectivity index (χ2v) is 10.7. The summed E-state index contributed by atoms with van der Waals surface area (Å²) < 4.78 is 25.1. The number of nitrogens with zero attached hydrogens (tertiary/aromatic N) is 2. The van der Waals surface area contributed by atoms with Gasteiger partial charge in [0.1, 0.15) is 0 Å². The Labute approximate surface area is 191 Å². The average molecular weight is 463 g/mol. The molecule has 0 amide bonds. The van der Waals surface area contributed by atoms with E-state index in [-0.39, 0.29) is 5.78 Å². The van der Waals surface area contributed by atoms with Gasteiger partial charge < -0.3 is 4.90 Å². The molecule has 0 radical (unpaired) electrons. The van der Waals surface area contributed by atoms with E-state index in [1.54, 1.807) is 0 Å². The standard InChI is InChI=1S/C24H31ClN2O3S/c1-26(15-12-20-7-3-4-8-23(20)25)14-6-5-9-24(28)21-11-10-19-13-16-27(31(2,29)30)18-22(19)17-21/h3-4,7-8,10-11,17H,5-6,9,12-16,18H2,1-2H3. The molecule has 7 heteroatoms. The van der Waals surface area contributed by atoms with Crippen LogP contribution >= 0.6 is 11.6 Å². The van der Waals surface area contributed by atoms with E-state index in [1.165, 1.54) is 10.6 Å². The van der Waals surface area contributed by atoms with Crippen LogP contribution in [-0.2, 0) is 29.4 Å². The Morgan fingerprint density at radius 3 is 2.61 bits per heavy atom. The number of ketones is 1. The monoisotopic (exact) mass is 462 g/mol. The molecule has 0 fully saturated rings. The van der Waals surface area contributed by atoms with E-state index in [9.17, 15) is 13.2 Å². The summed E-state index contributed by atoms with van der Waals surface area (Å²) in [6, 6.07) is 13.7. The van der Waals surface area contributed by atoms with Gasteiger partial charge in [0.2, 0.25) is 10.0 Å². The third kappa shape index (κ3) is 6.88. The lowest BCUT2D eigenvalue weighted by Crippen LogP contribution is -2.35. The van der Waals surface area contributed by atoms with Crippen LogP contribution in [0.5, 0.6) is 0 Å². The number of carbonyl (C=O) groups excluding carboxylic acids is 1. The molecule has 3 rings (SSSR count). The van der Waals surface area contributed by atoms with Crippen molar-refractivity contribution in [2.45, 2.75) is 38.6 Å². The summed E-state index contributed by atoms with van der Waals surface area (Å²) >= 11 is 6.21. The van der Waals surface area contributed by atoms with Gasteiger partial charge in [-0.2, -0.15) is 4.31 Å². The second-order valence-electron chi connectivity index (χ2n) is 8.36. The molecule has 0 bridgehead atoms. The summed E-state index contributed by atoms with van der Waals surface area (Å²) in [6.07, 6.45) is 5.14. The van der Waals surface area contributed by atoms with Gasteiger partial charge in [0.15, 0.2) is 5.78 Å². The highest BCUT2D eigenvalue weighted by Gasteiger charge is 2.23. The zero-order chi connectivity index (χ0) is 22.4. The first-order valence-corrected chi connectivity index (χ1v) is 13.0. The van der Waals surface area contributed by atoms with Gasteiger partial charge >= 0.3 is 0 Å². The van der Waals surface area contributed by atoms with Gasteiger partial charge in [-0.05, 0) is 68.1 Å². The first kappa shape index (κ1) is 23.9. The normalized spacial score (nSPS) is 14.6. The molecular formula is C24H31ClN2O3S. The highest BCUT2D eigenvalue weighted by molar-refractivity contribution is 7.88. The van der Waals surface area contributed by atoms with Crippen LogP contribution in [0.25, 0.3) is 0 Å². The number of hydrogen-bond donors (Lipinski definition) is 0. The predicted molar refractivity (Wildman–Crippen MR) is 126 cm³/mol. The Kier molecular flexibility index (Phi) is 8.28. The van der Waals surface area contributed by atoms with Crippen molar-refractivity contribution in [3.05, 3.63) is 69.7 Å². The highest BCUT2D eigenvalue weighted by atomic mass is 35.5. The third-order valence-electron chi connectivity index (χ3n) is 5.89. The largest absolute Gasteiger partial charge is 0.306 e. The van der Waals surface area contributed by atoms with Crippen molar-refractivity contribution in [2.75, 3.05) is 32.9 Å². The maximum absolute atomic E-state index is 12.6. The summed E-state index contributed by atoms with van der Waals surface area (Å²) in [6.45, 7) is 2.72. The van der Waals surface area contributed by atoms with Crippen LogP contribution in [0.1, 0.15) is 46.3 Å². The predicted octanol–water partition coefficient (Wildman–Crippen LogP) is 4.19. The first-order valence-electron chi connectivity index (χ1n) is 10.8. The lowest BCUT2D eigenvalue weighted by atomic mass is 9.96. The third-order valence-corrected chi connectivity index (χ3v) is 7.51. The quantitative estimate of drug-likeness (QED) is 0.392. The van der Waals surface area contributed by atoms with Crippen LogP contribution in [0.4, 0.5) is 0 Å². The summed E-state index contributed by atoms with van der Waals surface area (Å²) in [5, 5.41) is 0.811. The molecule has 1 heterocycles. The number of carbonyl (C=O) groups is 1. The van der Waals surface area contributed by atoms with E-state index in [0.29, 0.717) is 31.5 Å². The molecule has 0 atom stereocenters. The number of halogens is 1. The van der Waals surface area contributed by atoms with Crippen molar-refractivity contribution < 1.29 is 13.2 Å². The van der Waals surface area contributed by atoms with Gasteiger partial charge in [0.25, 0.3) is 0 Å². The Hall–Kier alpha value is -1.73. The molecule has 0 unspecified atom stereocenters. The number of rotatable bonds is 10. The Morgan fingerprint density at radius 2 is 1.87 bits per heavy atom. The first-order chi connectivity index (χ1) is 14.7. The van der Waals surface area contributed by atoms with Gasteiger partial charge in [-0.3, -0.25) is 4.79 Å². The maximum atomic E-state index is 12.6. The lowest BCUT2D eigenvalue weighted by Gasteiger charge is -2.27. The minimum Gasteiger partial charge on any atom is -0.306 e. The molecular weight excluding hydrogens is 432 g/mol. The fourth-order valence-electron chi connectivity index (χ4n) is 3.92. The van der Waals surface area contributed by atoms with E-state index in [0.717, 1.165) is 54.1 Å². The molecule has 2 aromatic rings. The van der Waals surface area contributed by atoms with E-state index in [1.807, 2.05) is 36.4 Å². The molecule has 1 aliphatic rings. The molecule has 5 nitrogen and oxygen atoms in total. The molecule has 0 saturated heterocycles. The smallest absolute Gasteiger partial charge is 0.211 e. The number of likely N-dealkylation sites (N-methyl/N-ethyl adjacent to an activating group) is 1. The molecule has 0 aromatic heterocycles. The molecule has 0 spiro atoms. The summed E-state index contributed by atoms with van der Waals surface area (Å²) in [4.78, 5) is 14.9. The van der Waals surface area contributed by atoms with Gasteiger partial charge in [0, 0.05) is 36.6 Å². The van der Waals surface area contributed by atoms with Crippen molar-refractivity contribution in [3.8, 4) is 0 Å². The van der Waals surface area contributed by atoms with E-state index in [4.69, 9.17) is 11.6 Å². The van der Waals surface area contributed by atoms with Gasteiger partial charge in [-0.25, -0.2) is 8.42 Å². The highest BCUT2D eigenvalue weighted by Crippen LogP contribution is 2.23. The lowest BCUT2D eigenvalue weighted by molar-refractivity contribution is 0.0978. The Morgan fingerprint density at radius 1 is 1.10 bits per heavy atom. The van der Waals surface area contributed by atoms with Crippen molar-refractivity contribution in [1.29, 1.82) is 0 Å². The molecule has 2 aromatic carbocycles. The molecule has 0 saturated carbocycles. The fraction of sp³-hybridized carbons (Fsp3) is 0.458. The number of Topliss-reactive ketones (excluding diaryl/α,β-unsaturated/α-hetero) is 1. The minimum absolute atomic E-state index is 0.123. The molecule has 0 aliphatic carbocycles. The van der Waals surface area contributed by atoms with E-state index >= 15 is 0 Å². The summed E-state index contributed by atoms with van der Waals surface area (Å²) in [5.74, 6) is 0.123. The summed E-state index contributed by atoms with van der Waals surface area (Å²) in [5.41, 5.74) is 3.92. The van der Waals surface area contributed by atoms with Gasteiger partial charge in [-0.1, -0.05) is 41.9 Å². The maximum Gasteiger partial charge on any atom is 0.211 e. The topological polar surface area (TPSA) is 57.7 Å².